The van der Waals surface area contributed by atoms with E-state index in [-0.39, 0.29) is 5.91 Å². The number of carbonyl (C=O) groups excluding carboxylic acids is 1. The van der Waals surface area contributed by atoms with Crippen molar-refractivity contribution in [3.05, 3.63) is 77.0 Å². The number of nitrogens with zero attached hydrogens (tertiary/aromatic N) is 2. The highest BCUT2D eigenvalue weighted by atomic mass is 16.1. The van der Waals surface area contributed by atoms with E-state index in [1.807, 2.05) is 49.4 Å². The van der Waals surface area contributed by atoms with E-state index in [0.29, 0.717) is 25.2 Å². The van der Waals surface area contributed by atoms with Gasteiger partial charge in [0, 0.05) is 29.7 Å². The molecule has 2 heterocycles. The number of pyridine rings is 1. The normalized spacial score (nSPS) is 12.6. The standard InChI is InChI=1S/C21H20N4O/c1-14-12-18(17-8-4-5-9-19(17)25-14)21(26)23-11-10-22-20-16-7-3-2-6-15(16)13-24-20/h2-9,12H,10-11,13H2,1H3,(H,22,24)(H,23,26). The molecule has 4 rings (SSSR count). The van der Waals surface area contributed by atoms with E-state index in [2.05, 4.69) is 32.7 Å². The molecule has 3 aromatic rings. The van der Waals surface area contributed by atoms with Crippen LogP contribution in [0.1, 0.15) is 27.2 Å². The molecule has 26 heavy (non-hydrogen) atoms. The Balaban J connectivity index is 1.38. The molecule has 2 aromatic carbocycles. The molecule has 1 aliphatic rings. The molecule has 1 aromatic heterocycles. The van der Waals surface area contributed by atoms with Crippen LogP contribution in [0.4, 0.5) is 0 Å². The summed E-state index contributed by atoms with van der Waals surface area (Å²) in [5.74, 6) is 0.822. The number of para-hydroxylation sites is 1. The molecule has 5 heteroatoms. The minimum absolute atomic E-state index is 0.0812. The number of aryl methyl sites for hydroxylation is 1. The van der Waals surface area contributed by atoms with Crippen LogP contribution in [-0.4, -0.2) is 29.8 Å². The average molecular weight is 344 g/mol. The second kappa shape index (κ2) is 6.96. The Morgan fingerprint density at radius 1 is 1.08 bits per heavy atom. The molecule has 5 nitrogen and oxygen atoms in total. The van der Waals surface area contributed by atoms with Gasteiger partial charge in [-0.05, 0) is 24.6 Å². The first kappa shape index (κ1) is 16.3. The van der Waals surface area contributed by atoms with Crippen LogP contribution in [0.15, 0.2) is 59.6 Å². The van der Waals surface area contributed by atoms with Gasteiger partial charge in [0.25, 0.3) is 5.91 Å². The number of amides is 1. The Kier molecular flexibility index (Phi) is 4.35. The third-order valence-electron chi connectivity index (χ3n) is 4.47. The lowest BCUT2D eigenvalue weighted by Gasteiger charge is -2.11. The van der Waals surface area contributed by atoms with Crippen LogP contribution >= 0.6 is 0 Å². The molecule has 0 bridgehead atoms. The van der Waals surface area contributed by atoms with Crippen molar-refractivity contribution in [1.82, 2.24) is 15.6 Å². The monoisotopic (exact) mass is 344 g/mol. The fourth-order valence-electron chi connectivity index (χ4n) is 3.24. The Morgan fingerprint density at radius 3 is 2.81 bits per heavy atom. The number of aromatic nitrogens is 1. The summed E-state index contributed by atoms with van der Waals surface area (Å²) in [5, 5.41) is 7.17. The topological polar surface area (TPSA) is 66.4 Å². The molecule has 0 radical (unpaired) electrons. The lowest BCUT2D eigenvalue weighted by atomic mass is 10.1. The van der Waals surface area contributed by atoms with E-state index in [1.165, 1.54) is 5.56 Å². The zero-order valence-corrected chi connectivity index (χ0v) is 14.6. The molecule has 0 saturated carbocycles. The van der Waals surface area contributed by atoms with Crippen molar-refractivity contribution < 1.29 is 4.79 Å². The predicted molar refractivity (Wildman–Crippen MR) is 103 cm³/mol. The summed E-state index contributed by atoms with van der Waals surface area (Å²) in [6.45, 7) is 3.77. The fraction of sp³-hybridized carbons (Fsp3) is 0.190. The van der Waals surface area contributed by atoms with Gasteiger partial charge in [0.15, 0.2) is 0 Å². The average Bonchev–Trinajstić information content (AvgIpc) is 3.07. The number of carbonyl (C=O) groups is 1. The SMILES string of the molecule is Cc1cc(C(=O)NCCNC2=NCc3ccccc32)c2ccccc2n1. The van der Waals surface area contributed by atoms with Crippen molar-refractivity contribution >= 4 is 22.6 Å². The number of aliphatic imine (C=N–C) groups is 1. The maximum absolute atomic E-state index is 12.6. The minimum Gasteiger partial charge on any atom is -0.368 e. The minimum atomic E-state index is -0.0812. The van der Waals surface area contributed by atoms with Crippen LogP contribution in [0.2, 0.25) is 0 Å². The van der Waals surface area contributed by atoms with E-state index in [4.69, 9.17) is 0 Å². The first-order valence-corrected chi connectivity index (χ1v) is 8.73. The summed E-state index contributed by atoms with van der Waals surface area (Å²) in [5.41, 5.74) is 4.72. The van der Waals surface area contributed by atoms with E-state index in [0.717, 1.165) is 28.0 Å². The number of nitrogens with one attached hydrogen (secondary N) is 2. The molecule has 0 spiro atoms. The van der Waals surface area contributed by atoms with Crippen LogP contribution in [0, 0.1) is 6.92 Å². The zero-order valence-electron chi connectivity index (χ0n) is 14.6. The van der Waals surface area contributed by atoms with Gasteiger partial charge in [0.1, 0.15) is 5.84 Å². The van der Waals surface area contributed by atoms with Crippen LogP contribution in [0.25, 0.3) is 10.9 Å². The molecule has 0 atom stereocenters. The summed E-state index contributed by atoms with van der Waals surface area (Å²) in [7, 11) is 0. The number of amidine groups is 1. The molecule has 0 unspecified atom stereocenters. The molecule has 1 amide bonds. The fourth-order valence-corrected chi connectivity index (χ4v) is 3.24. The smallest absolute Gasteiger partial charge is 0.252 e. The molecule has 130 valence electrons. The van der Waals surface area contributed by atoms with Gasteiger partial charge in [-0.3, -0.25) is 14.8 Å². The van der Waals surface area contributed by atoms with E-state index in [9.17, 15) is 4.79 Å². The van der Waals surface area contributed by atoms with E-state index in [1.54, 1.807) is 0 Å². The van der Waals surface area contributed by atoms with Crippen molar-refractivity contribution in [2.24, 2.45) is 4.99 Å². The molecule has 0 saturated heterocycles. The summed E-state index contributed by atoms with van der Waals surface area (Å²) in [4.78, 5) is 21.6. The third-order valence-corrected chi connectivity index (χ3v) is 4.47. The van der Waals surface area contributed by atoms with Crippen LogP contribution < -0.4 is 10.6 Å². The van der Waals surface area contributed by atoms with Crippen molar-refractivity contribution in [3.63, 3.8) is 0 Å². The van der Waals surface area contributed by atoms with Gasteiger partial charge in [0.2, 0.25) is 0 Å². The Bertz CT molecular complexity index is 1010. The van der Waals surface area contributed by atoms with Crippen molar-refractivity contribution in [1.29, 1.82) is 0 Å². The van der Waals surface area contributed by atoms with Crippen molar-refractivity contribution in [2.75, 3.05) is 13.1 Å². The van der Waals surface area contributed by atoms with E-state index < -0.39 is 0 Å². The second-order valence-corrected chi connectivity index (χ2v) is 6.33. The first-order chi connectivity index (χ1) is 12.7. The predicted octanol–water partition coefficient (Wildman–Crippen LogP) is 2.82. The highest BCUT2D eigenvalue weighted by molar-refractivity contribution is 6.06. The lowest BCUT2D eigenvalue weighted by molar-refractivity contribution is 0.0956. The van der Waals surface area contributed by atoms with Crippen molar-refractivity contribution in [3.8, 4) is 0 Å². The summed E-state index contributed by atoms with van der Waals surface area (Å²) >= 11 is 0. The van der Waals surface area contributed by atoms with Crippen molar-refractivity contribution in [2.45, 2.75) is 13.5 Å². The van der Waals surface area contributed by atoms with Crippen LogP contribution in [-0.2, 0) is 6.54 Å². The highest BCUT2D eigenvalue weighted by Gasteiger charge is 2.15. The lowest BCUT2D eigenvalue weighted by Crippen LogP contribution is -2.34. The van der Waals surface area contributed by atoms with Crippen LogP contribution in [0.3, 0.4) is 0 Å². The zero-order chi connectivity index (χ0) is 17.9. The number of benzene rings is 2. The van der Waals surface area contributed by atoms with Gasteiger partial charge in [-0.1, -0.05) is 42.5 Å². The summed E-state index contributed by atoms with van der Waals surface area (Å²) < 4.78 is 0. The number of hydrogen-bond acceptors (Lipinski definition) is 4. The quantitative estimate of drug-likeness (QED) is 0.715. The van der Waals surface area contributed by atoms with E-state index >= 15 is 0 Å². The van der Waals surface area contributed by atoms with Gasteiger partial charge >= 0.3 is 0 Å². The number of rotatable bonds is 4. The molecule has 1 aliphatic heterocycles. The molecule has 0 aliphatic carbocycles. The molecular weight excluding hydrogens is 324 g/mol. The highest BCUT2D eigenvalue weighted by Crippen LogP contribution is 2.18. The van der Waals surface area contributed by atoms with Gasteiger partial charge in [-0.15, -0.1) is 0 Å². The maximum Gasteiger partial charge on any atom is 0.252 e. The number of hydrogen-bond donors (Lipinski definition) is 2. The first-order valence-electron chi connectivity index (χ1n) is 8.73. The molecule has 2 N–H and O–H groups in total. The Labute approximate surface area is 152 Å². The molecular formula is C21H20N4O. The van der Waals surface area contributed by atoms with Crippen LogP contribution in [0.5, 0.6) is 0 Å². The van der Waals surface area contributed by atoms with Gasteiger partial charge in [-0.2, -0.15) is 0 Å². The number of fused-ring (bicyclic) bond motifs is 2. The maximum atomic E-state index is 12.6. The Hall–Kier alpha value is -3.21. The second-order valence-electron chi connectivity index (χ2n) is 6.33. The Morgan fingerprint density at radius 2 is 1.88 bits per heavy atom. The summed E-state index contributed by atoms with van der Waals surface area (Å²) in [6.07, 6.45) is 0. The van der Waals surface area contributed by atoms with Gasteiger partial charge in [-0.25, -0.2) is 0 Å². The summed E-state index contributed by atoms with van der Waals surface area (Å²) in [6, 6.07) is 17.7. The third kappa shape index (κ3) is 3.16. The molecule has 0 fully saturated rings. The van der Waals surface area contributed by atoms with Gasteiger partial charge < -0.3 is 10.6 Å². The van der Waals surface area contributed by atoms with Gasteiger partial charge in [0.05, 0.1) is 17.6 Å². The largest absolute Gasteiger partial charge is 0.368 e.